The van der Waals surface area contributed by atoms with Crippen LogP contribution in [0.3, 0.4) is 0 Å². The van der Waals surface area contributed by atoms with Crippen molar-refractivity contribution in [3.63, 3.8) is 0 Å². The fourth-order valence-corrected chi connectivity index (χ4v) is 3.55. The third-order valence-electron chi connectivity index (χ3n) is 4.97. The van der Waals surface area contributed by atoms with Crippen molar-refractivity contribution in [1.29, 1.82) is 0 Å². The number of nitroso groups, excluding NO2 is 1. The topological polar surface area (TPSA) is 127 Å². The summed E-state index contributed by atoms with van der Waals surface area (Å²) in [7, 11) is 0. The molecule has 3 heterocycles. The van der Waals surface area contributed by atoms with Crippen molar-refractivity contribution in [1.82, 2.24) is 5.01 Å². The average Bonchev–Trinajstić information content (AvgIpc) is 2.66. The van der Waals surface area contributed by atoms with Crippen molar-refractivity contribution in [2.75, 3.05) is 13.2 Å². The van der Waals surface area contributed by atoms with Crippen LogP contribution in [0.5, 0.6) is 0 Å². The van der Waals surface area contributed by atoms with Gasteiger partial charge in [0.25, 0.3) is 6.23 Å². The van der Waals surface area contributed by atoms with Crippen LogP contribution in [0.15, 0.2) is 29.8 Å². The Labute approximate surface area is 145 Å². The maximum absolute atomic E-state index is 11.1. The van der Waals surface area contributed by atoms with Gasteiger partial charge in [-0.3, -0.25) is 5.01 Å². The Morgan fingerprint density at radius 2 is 2.04 bits per heavy atom. The number of aliphatic hydroxyl groups excluding tert-OH is 4. The molecule has 9 nitrogen and oxygen atoms in total. The molecule has 0 aromatic carbocycles. The third-order valence-corrected chi connectivity index (χ3v) is 4.97. The minimum Gasteiger partial charge on any atom is -0.394 e. The molecule has 3 rings (SSSR count). The fraction of sp³-hybridized carbons (Fsp3) is 0.688. The van der Waals surface area contributed by atoms with Gasteiger partial charge in [-0.2, -0.15) is 4.57 Å². The highest BCUT2D eigenvalue weighted by molar-refractivity contribution is 5.12. The number of rotatable bonds is 4. The molecule has 25 heavy (non-hydrogen) atoms. The van der Waals surface area contributed by atoms with Crippen LogP contribution in [0.2, 0.25) is 0 Å². The molecule has 0 saturated carbocycles. The lowest BCUT2D eigenvalue weighted by Gasteiger charge is -2.37. The Balaban J connectivity index is 1.86. The van der Waals surface area contributed by atoms with E-state index in [-0.39, 0.29) is 6.04 Å². The summed E-state index contributed by atoms with van der Waals surface area (Å²) >= 11 is 0. The van der Waals surface area contributed by atoms with Gasteiger partial charge < -0.3 is 25.2 Å². The van der Waals surface area contributed by atoms with E-state index in [9.17, 15) is 25.3 Å². The van der Waals surface area contributed by atoms with Gasteiger partial charge in [-0.05, 0) is 25.3 Å². The Bertz CT molecular complexity index is 601. The predicted molar refractivity (Wildman–Crippen MR) is 84.7 cm³/mol. The summed E-state index contributed by atoms with van der Waals surface area (Å²) < 4.78 is 7.14. The van der Waals surface area contributed by atoms with Crippen LogP contribution < -0.4 is 4.57 Å². The molecular formula is C16H24N3O6+. The van der Waals surface area contributed by atoms with Crippen LogP contribution in [0, 0.1) is 4.91 Å². The standard InChI is InChI=1S/C16H24N3O6/c20-9-12-13(21)14(22)15(23)16(25-12)18-6-3-4-10(8-18)11-5-1-2-7-19(11)17-24/h3-4,6,8,11-16,20-23H,1-2,5,7,9H2/q+1/t11-,12-,13-,14+,15-,16+/m1/s1. The summed E-state index contributed by atoms with van der Waals surface area (Å²) in [5.41, 5.74) is 0.846. The van der Waals surface area contributed by atoms with Crippen molar-refractivity contribution in [3.05, 3.63) is 35.0 Å². The van der Waals surface area contributed by atoms with Gasteiger partial charge in [0.05, 0.1) is 17.9 Å². The van der Waals surface area contributed by atoms with Crippen LogP contribution in [0.1, 0.15) is 37.1 Å². The van der Waals surface area contributed by atoms with E-state index in [1.54, 1.807) is 23.0 Å². The van der Waals surface area contributed by atoms with Crippen LogP contribution in [-0.2, 0) is 4.74 Å². The van der Waals surface area contributed by atoms with E-state index in [2.05, 4.69) is 5.29 Å². The van der Waals surface area contributed by atoms with E-state index in [0.717, 1.165) is 24.8 Å². The van der Waals surface area contributed by atoms with Gasteiger partial charge in [-0.15, -0.1) is 4.91 Å². The third kappa shape index (κ3) is 3.51. The Morgan fingerprint density at radius 3 is 2.76 bits per heavy atom. The van der Waals surface area contributed by atoms with Crippen LogP contribution in [-0.4, -0.2) is 63.0 Å². The first-order chi connectivity index (χ1) is 12.1. The summed E-state index contributed by atoms with van der Waals surface area (Å²) in [4.78, 5) is 11.1. The molecule has 2 fully saturated rings. The number of piperidine rings is 1. The van der Waals surface area contributed by atoms with Crippen molar-refractivity contribution >= 4 is 0 Å². The van der Waals surface area contributed by atoms with E-state index in [0.29, 0.717) is 6.54 Å². The normalized spacial score (nSPS) is 36.2. The van der Waals surface area contributed by atoms with Crippen LogP contribution in [0.25, 0.3) is 0 Å². The maximum Gasteiger partial charge on any atom is 0.292 e. The lowest BCUT2D eigenvalue weighted by Crippen LogP contribution is -2.62. The molecule has 1 aromatic rings. The smallest absolute Gasteiger partial charge is 0.292 e. The molecule has 2 saturated heterocycles. The summed E-state index contributed by atoms with van der Waals surface area (Å²) in [6.07, 6.45) is -0.0110. The number of pyridine rings is 1. The van der Waals surface area contributed by atoms with Gasteiger partial charge in [0, 0.05) is 18.2 Å². The van der Waals surface area contributed by atoms with Crippen molar-refractivity contribution in [2.45, 2.75) is 55.9 Å². The molecule has 1 aromatic heterocycles. The van der Waals surface area contributed by atoms with E-state index in [4.69, 9.17) is 4.74 Å². The Kier molecular flexibility index (Phi) is 5.60. The number of hydrogen-bond acceptors (Lipinski definition) is 7. The number of aromatic nitrogens is 1. The van der Waals surface area contributed by atoms with E-state index in [1.807, 2.05) is 6.07 Å². The van der Waals surface area contributed by atoms with Crippen molar-refractivity contribution in [3.8, 4) is 0 Å². The molecule has 0 bridgehead atoms. The molecule has 138 valence electrons. The Hall–Kier alpha value is -1.65. The van der Waals surface area contributed by atoms with E-state index < -0.39 is 37.3 Å². The molecule has 0 radical (unpaired) electrons. The summed E-state index contributed by atoms with van der Waals surface area (Å²) in [6, 6.07) is 3.48. The van der Waals surface area contributed by atoms with Gasteiger partial charge in [-0.1, -0.05) is 0 Å². The minimum atomic E-state index is -1.44. The summed E-state index contributed by atoms with van der Waals surface area (Å²) in [6.45, 7) is 0.121. The summed E-state index contributed by atoms with van der Waals surface area (Å²) in [5, 5.41) is 44.0. The monoisotopic (exact) mass is 354 g/mol. The molecule has 0 amide bonds. The number of hydrogen-bond donors (Lipinski definition) is 4. The zero-order valence-electron chi connectivity index (χ0n) is 13.8. The van der Waals surface area contributed by atoms with Crippen molar-refractivity contribution in [2.24, 2.45) is 5.29 Å². The zero-order valence-corrected chi connectivity index (χ0v) is 13.8. The second kappa shape index (κ2) is 7.71. The highest BCUT2D eigenvalue weighted by atomic mass is 16.6. The average molecular weight is 354 g/mol. The van der Waals surface area contributed by atoms with Gasteiger partial charge in [0.1, 0.15) is 18.3 Å². The quantitative estimate of drug-likeness (QED) is 0.410. The maximum atomic E-state index is 11.1. The van der Waals surface area contributed by atoms with E-state index in [1.165, 1.54) is 5.01 Å². The van der Waals surface area contributed by atoms with E-state index >= 15 is 0 Å². The first-order valence-electron chi connectivity index (χ1n) is 8.48. The lowest BCUT2D eigenvalue weighted by molar-refractivity contribution is -0.778. The highest BCUT2D eigenvalue weighted by Gasteiger charge is 2.48. The molecule has 0 aliphatic carbocycles. The SMILES string of the molecule is O=NN1CCCC[C@@H]1c1ccc[n+]([C@H]2O[C@H](CO)[C@@H](O)[C@H](O)[C@H]2O)c1. The van der Waals surface area contributed by atoms with Crippen LogP contribution in [0.4, 0.5) is 0 Å². The number of ether oxygens (including phenoxy) is 1. The largest absolute Gasteiger partial charge is 0.394 e. The predicted octanol–water partition coefficient (Wildman–Crippen LogP) is -0.845. The molecule has 2 aliphatic rings. The fourth-order valence-electron chi connectivity index (χ4n) is 3.55. The molecule has 9 heteroatoms. The Morgan fingerprint density at radius 1 is 1.24 bits per heavy atom. The second-order valence-corrected chi connectivity index (χ2v) is 6.56. The van der Waals surface area contributed by atoms with Gasteiger partial charge in [-0.25, -0.2) is 0 Å². The molecule has 4 N–H and O–H groups in total. The molecular weight excluding hydrogens is 330 g/mol. The molecule has 0 spiro atoms. The minimum absolute atomic E-state index is 0.149. The second-order valence-electron chi connectivity index (χ2n) is 6.56. The number of nitrogens with zero attached hydrogens (tertiary/aromatic N) is 3. The number of aliphatic hydroxyl groups is 4. The van der Waals surface area contributed by atoms with Crippen molar-refractivity contribution < 1.29 is 29.7 Å². The first-order valence-corrected chi connectivity index (χ1v) is 8.48. The van der Waals surface area contributed by atoms with Crippen LogP contribution >= 0.6 is 0 Å². The molecule has 6 atom stereocenters. The molecule has 2 aliphatic heterocycles. The first kappa shape index (κ1) is 18.2. The van der Waals surface area contributed by atoms with Gasteiger partial charge >= 0.3 is 0 Å². The van der Waals surface area contributed by atoms with Gasteiger partial charge in [0.15, 0.2) is 18.5 Å². The summed E-state index contributed by atoms with van der Waals surface area (Å²) in [5.74, 6) is 0. The highest BCUT2D eigenvalue weighted by Crippen LogP contribution is 2.31. The lowest BCUT2D eigenvalue weighted by atomic mass is 9.97. The molecule has 0 unspecified atom stereocenters. The van der Waals surface area contributed by atoms with Gasteiger partial charge in [0.2, 0.25) is 0 Å². The zero-order chi connectivity index (χ0) is 18.0.